The van der Waals surface area contributed by atoms with Crippen molar-refractivity contribution >= 4 is 23.1 Å². The number of thioether (sulfide) groups is 1. The van der Waals surface area contributed by atoms with Crippen LogP contribution >= 0.6 is 23.1 Å². The number of nitrogens with zero attached hydrogens (tertiary/aromatic N) is 2. The molecule has 0 aliphatic heterocycles. The highest BCUT2D eigenvalue weighted by Gasteiger charge is 2.05. The van der Waals surface area contributed by atoms with Crippen molar-refractivity contribution in [1.29, 1.82) is 0 Å². The molecule has 3 rings (SSSR count). The largest absolute Gasteiger partial charge is 0.497 e. The molecule has 0 amide bonds. The van der Waals surface area contributed by atoms with E-state index in [0.29, 0.717) is 0 Å². The van der Waals surface area contributed by atoms with Crippen LogP contribution in [0, 0.1) is 0 Å². The maximum absolute atomic E-state index is 5.19. The summed E-state index contributed by atoms with van der Waals surface area (Å²) in [4.78, 5) is 8.87. The van der Waals surface area contributed by atoms with E-state index >= 15 is 0 Å². The third-order valence-corrected chi connectivity index (χ3v) is 5.33. The van der Waals surface area contributed by atoms with Crippen LogP contribution in [-0.2, 0) is 12.2 Å². The average Bonchev–Trinajstić information content (AvgIpc) is 3.09. The molecule has 0 saturated carbocycles. The van der Waals surface area contributed by atoms with Gasteiger partial charge in [-0.15, -0.1) is 11.3 Å². The topological polar surface area (TPSA) is 35.0 Å². The Kier molecular flexibility index (Phi) is 5.66. The molecule has 0 atom stereocenters. The van der Waals surface area contributed by atoms with Crippen LogP contribution in [0.2, 0.25) is 0 Å². The van der Waals surface area contributed by atoms with Gasteiger partial charge in [0.1, 0.15) is 10.8 Å². The summed E-state index contributed by atoms with van der Waals surface area (Å²) in [5.41, 5.74) is 3.58. The molecule has 3 aromatic rings. The van der Waals surface area contributed by atoms with Crippen molar-refractivity contribution in [3.05, 3.63) is 65.4 Å². The number of hydrogen-bond donors (Lipinski definition) is 0. The van der Waals surface area contributed by atoms with E-state index in [1.807, 2.05) is 42.4 Å². The van der Waals surface area contributed by atoms with Gasteiger partial charge in [0.05, 0.1) is 12.8 Å². The molecule has 1 aromatic carbocycles. The van der Waals surface area contributed by atoms with Crippen LogP contribution in [0.1, 0.15) is 11.3 Å². The Morgan fingerprint density at radius 3 is 2.78 bits per heavy atom. The molecular weight excluding hydrogens is 324 g/mol. The third-order valence-electron chi connectivity index (χ3n) is 3.40. The van der Waals surface area contributed by atoms with Gasteiger partial charge < -0.3 is 4.74 Å². The van der Waals surface area contributed by atoms with Crippen LogP contribution < -0.4 is 4.74 Å². The van der Waals surface area contributed by atoms with Crippen molar-refractivity contribution in [2.75, 3.05) is 12.9 Å². The molecule has 0 aliphatic carbocycles. The number of aromatic nitrogens is 2. The molecule has 0 spiro atoms. The first-order valence-corrected chi connectivity index (χ1v) is 9.44. The van der Waals surface area contributed by atoms with Gasteiger partial charge in [-0.1, -0.05) is 6.07 Å². The van der Waals surface area contributed by atoms with E-state index in [1.54, 1.807) is 18.4 Å². The normalized spacial score (nSPS) is 10.7. The Labute approximate surface area is 144 Å². The van der Waals surface area contributed by atoms with Gasteiger partial charge in [0.15, 0.2) is 0 Å². The zero-order valence-electron chi connectivity index (χ0n) is 12.9. The second-order valence-electron chi connectivity index (χ2n) is 5.04. The van der Waals surface area contributed by atoms with Gasteiger partial charge in [-0.05, 0) is 48.1 Å². The molecular formula is C18H18N2OS2. The van der Waals surface area contributed by atoms with Crippen molar-refractivity contribution in [2.24, 2.45) is 0 Å². The van der Waals surface area contributed by atoms with Crippen molar-refractivity contribution in [3.63, 3.8) is 0 Å². The number of pyridine rings is 1. The van der Waals surface area contributed by atoms with Crippen LogP contribution in [0.15, 0.2) is 54.2 Å². The summed E-state index contributed by atoms with van der Waals surface area (Å²) in [5, 5.41) is 3.21. The van der Waals surface area contributed by atoms with Crippen LogP contribution in [0.3, 0.4) is 0 Å². The first-order chi connectivity index (χ1) is 11.3. The van der Waals surface area contributed by atoms with Crippen LogP contribution in [0.25, 0.3) is 10.6 Å². The SMILES string of the molecule is COc1ccc(-c2nc(CSCCc3cccnc3)cs2)cc1. The third kappa shape index (κ3) is 4.56. The van der Waals surface area contributed by atoms with Crippen molar-refractivity contribution in [1.82, 2.24) is 9.97 Å². The molecule has 0 aliphatic rings. The minimum absolute atomic E-state index is 0.872. The standard InChI is InChI=1S/C18H18N2OS2/c1-21-17-6-4-15(5-7-17)18-20-16(13-23-18)12-22-10-8-14-3-2-9-19-11-14/h2-7,9,11,13H,8,10,12H2,1H3. The van der Waals surface area contributed by atoms with Crippen LogP contribution in [0.5, 0.6) is 5.75 Å². The van der Waals surface area contributed by atoms with Gasteiger partial charge in [0, 0.05) is 29.1 Å². The number of rotatable bonds is 7. The summed E-state index contributed by atoms with van der Waals surface area (Å²) in [6, 6.07) is 12.2. The molecule has 23 heavy (non-hydrogen) atoms. The number of methoxy groups -OCH3 is 1. The highest BCUT2D eigenvalue weighted by atomic mass is 32.2. The van der Waals surface area contributed by atoms with Crippen molar-refractivity contribution in [2.45, 2.75) is 12.2 Å². The smallest absolute Gasteiger partial charge is 0.123 e. The molecule has 0 unspecified atom stereocenters. The second kappa shape index (κ2) is 8.13. The molecule has 5 heteroatoms. The molecule has 0 saturated heterocycles. The van der Waals surface area contributed by atoms with E-state index in [2.05, 4.69) is 28.6 Å². The highest BCUT2D eigenvalue weighted by molar-refractivity contribution is 7.98. The first kappa shape index (κ1) is 16.0. The minimum atomic E-state index is 0.872. The number of thiazole rings is 1. The molecule has 2 heterocycles. The Morgan fingerprint density at radius 2 is 2.04 bits per heavy atom. The van der Waals surface area contributed by atoms with E-state index in [-0.39, 0.29) is 0 Å². The number of hydrogen-bond acceptors (Lipinski definition) is 5. The fourth-order valence-electron chi connectivity index (χ4n) is 2.15. The lowest BCUT2D eigenvalue weighted by Crippen LogP contribution is -1.90. The Balaban J connectivity index is 1.51. The lowest BCUT2D eigenvalue weighted by Gasteiger charge is -2.01. The number of ether oxygens (including phenoxy) is 1. The fraction of sp³-hybridized carbons (Fsp3) is 0.222. The Hall–Kier alpha value is -1.85. The average molecular weight is 342 g/mol. The molecule has 3 nitrogen and oxygen atoms in total. The van der Waals surface area contributed by atoms with E-state index in [4.69, 9.17) is 9.72 Å². The Bertz CT molecular complexity index is 726. The quantitative estimate of drug-likeness (QED) is 0.584. The summed E-state index contributed by atoms with van der Waals surface area (Å²) in [6.45, 7) is 0. The van der Waals surface area contributed by atoms with Gasteiger partial charge in [-0.25, -0.2) is 4.98 Å². The van der Waals surface area contributed by atoms with E-state index in [9.17, 15) is 0 Å². The fourth-order valence-corrected chi connectivity index (χ4v) is 3.96. The molecule has 0 radical (unpaired) electrons. The predicted molar refractivity (Wildman–Crippen MR) is 98.2 cm³/mol. The van der Waals surface area contributed by atoms with E-state index in [1.165, 1.54) is 5.56 Å². The van der Waals surface area contributed by atoms with Gasteiger partial charge in [-0.3, -0.25) is 4.98 Å². The van der Waals surface area contributed by atoms with Crippen LogP contribution in [0.4, 0.5) is 0 Å². The predicted octanol–water partition coefficient (Wildman–Crippen LogP) is 4.69. The van der Waals surface area contributed by atoms with Gasteiger partial charge in [0.2, 0.25) is 0 Å². The monoisotopic (exact) mass is 342 g/mol. The van der Waals surface area contributed by atoms with Crippen molar-refractivity contribution in [3.8, 4) is 16.3 Å². The van der Waals surface area contributed by atoms with Gasteiger partial charge in [0.25, 0.3) is 0 Å². The summed E-state index contributed by atoms with van der Waals surface area (Å²) in [6.07, 6.45) is 4.80. The zero-order chi connectivity index (χ0) is 15.9. The first-order valence-electron chi connectivity index (χ1n) is 7.40. The van der Waals surface area contributed by atoms with E-state index < -0.39 is 0 Å². The summed E-state index contributed by atoms with van der Waals surface area (Å²) in [5.74, 6) is 2.91. The second-order valence-corrected chi connectivity index (χ2v) is 7.00. The molecule has 118 valence electrons. The lowest BCUT2D eigenvalue weighted by atomic mass is 10.2. The summed E-state index contributed by atoms with van der Waals surface area (Å²) in [7, 11) is 1.68. The number of aryl methyl sites for hydroxylation is 1. The van der Waals surface area contributed by atoms with Gasteiger partial charge >= 0.3 is 0 Å². The minimum Gasteiger partial charge on any atom is -0.497 e. The van der Waals surface area contributed by atoms with Crippen LogP contribution in [-0.4, -0.2) is 22.8 Å². The lowest BCUT2D eigenvalue weighted by molar-refractivity contribution is 0.415. The molecule has 2 aromatic heterocycles. The maximum atomic E-state index is 5.19. The maximum Gasteiger partial charge on any atom is 0.123 e. The van der Waals surface area contributed by atoms with E-state index in [0.717, 1.165) is 39.9 Å². The zero-order valence-corrected chi connectivity index (χ0v) is 14.6. The summed E-state index contributed by atoms with van der Waals surface area (Å²) >= 11 is 3.61. The Morgan fingerprint density at radius 1 is 1.17 bits per heavy atom. The summed E-state index contributed by atoms with van der Waals surface area (Å²) < 4.78 is 5.19. The molecule has 0 fully saturated rings. The van der Waals surface area contributed by atoms with Gasteiger partial charge in [-0.2, -0.15) is 11.8 Å². The molecule has 0 bridgehead atoms. The highest BCUT2D eigenvalue weighted by Crippen LogP contribution is 2.27. The molecule has 0 N–H and O–H groups in total. The van der Waals surface area contributed by atoms with Crippen molar-refractivity contribution < 1.29 is 4.74 Å². The number of benzene rings is 1.